The quantitative estimate of drug-likeness (QED) is 0.410. The van der Waals surface area contributed by atoms with Crippen LogP contribution in [0.1, 0.15) is 37.3 Å². The van der Waals surface area contributed by atoms with E-state index in [9.17, 15) is 5.11 Å². The summed E-state index contributed by atoms with van der Waals surface area (Å²) in [6.45, 7) is 7.00. The van der Waals surface area contributed by atoms with Crippen LogP contribution >= 0.6 is 0 Å². The van der Waals surface area contributed by atoms with Crippen molar-refractivity contribution < 1.29 is 14.6 Å². The lowest BCUT2D eigenvalue weighted by Gasteiger charge is -2.14. The first-order valence-corrected chi connectivity index (χ1v) is 9.71. The van der Waals surface area contributed by atoms with Crippen molar-refractivity contribution in [2.24, 2.45) is 0 Å². The number of benzene rings is 2. The highest BCUT2D eigenvalue weighted by atomic mass is 16.5. The van der Waals surface area contributed by atoms with Crippen molar-refractivity contribution >= 4 is 11.0 Å². The van der Waals surface area contributed by atoms with Gasteiger partial charge in [0, 0.05) is 6.54 Å². The monoisotopic (exact) mass is 380 g/mol. The van der Waals surface area contributed by atoms with Gasteiger partial charge in [0.1, 0.15) is 11.9 Å². The summed E-state index contributed by atoms with van der Waals surface area (Å²) in [4.78, 5) is 4.62. The molecule has 5 nitrogen and oxygen atoms in total. The molecule has 3 rings (SSSR count). The minimum Gasteiger partial charge on any atom is -0.493 e. The zero-order valence-electron chi connectivity index (χ0n) is 16.6. The van der Waals surface area contributed by atoms with Crippen LogP contribution in [0, 0.1) is 0 Å². The summed E-state index contributed by atoms with van der Waals surface area (Å²) in [6.07, 6.45) is 3.53. The zero-order valence-corrected chi connectivity index (χ0v) is 16.6. The van der Waals surface area contributed by atoms with Crippen LogP contribution in [0.5, 0.6) is 11.5 Å². The summed E-state index contributed by atoms with van der Waals surface area (Å²) < 4.78 is 13.5. The van der Waals surface area contributed by atoms with Gasteiger partial charge in [0.15, 0.2) is 11.5 Å². The molecule has 3 aromatic rings. The molecule has 1 atom stereocenters. The second kappa shape index (κ2) is 9.42. The van der Waals surface area contributed by atoms with E-state index in [1.807, 2.05) is 55.5 Å². The highest BCUT2D eigenvalue weighted by molar-refractivity contribution is 5.76. The van der Waals surface area contributed by atoms with E-state index in [1.54, 1.807) is 7.11 Å². The third-order valence-corrected chi connectivity index (χ3v) is 4.76. The number of allylic oxidation sites excluding steroid dienone is 1. The minimum atomic E-state index is -0.564. The molecule has 2 aromatic carbocycles. The van der Waals surface area contributed by atoms with Gasteiger partial charge >= 0.3 is 0 Å². The molecule has 1 heterocycles. The molecule has 1 aromatic heterocycles. The van der Waals surface area contributed by atoms with Crippen LogP contribution in [0.3, 0.4) is 0 Å². The van der Waals surface area contributed by atoms with Gasteiger partial charge in [0.05, 0.1) is 24.8 Å². The molecule has 0 fully saturated rings. The molecule has 0 radical (unpaired) electrons. The van der Waals surface area contributed by atoms with Gasteiger partial charge in [-0.3, -0.25) is 0 Å². The molecule has 0 amide bonds. The maximum atomic E-state index is 10.3. The molecule has 0 spiro atoms. The van der Waals surface area contributed by atoms with Crippen molar-refractivity contribution in [2.45, 2.75) is 38.8 Å². The Morgan fingerprint density at radius 2 is 2.04 bits per heavy atom. The number of rotatable bonds is 10. The molecule has 0 aliphatic rings. The average Bonchev–Trinajstić information content (AvgIpc) is 3.10. The maximum Gasteiger partial charge on any atom is 0.161 e. The van der Waals surface area contributed by atoms with Crippen molar-refractivity contribution in [1.82, 2.24) is 9.55 Å². The van der Waals surface area contributed by atoms with Gasteiger partial charge in [-0.05, 0) is 49.1 Å². The molecule has 0 saturated heterocycles. The van der Waals surface area contributed by atoms with Gasteiger partial charge in [-0.1, -0.05) is 31.2 Å². The molecular weight excluding hydrogens is 352 g/mol. The van der Waals surface area contributed by atoms with Crippen molar-refractivity contribution in [1.29, 1.82) is 0 Å². The minimum absolute atomic E-state index is 0.547. The first-order chi connectivity index (χ1) is 13.7. The SMILES string of the molecule is C=CCc1ccc(OCCCn2c(C(O)CC)nc3ccccc32)c(OC)c1. The van der Waals surface area contributed by atoms with Crippen LogP contribution in [0.25, 0.3) is 11.0 Å². The number of aliphatic hydroxyl groups excluding tert-OH is 1. The molecule has 28 heavy (non-hydrogen) atoms. The van der Waals surface area contributed by atoms with E-state index in [2.05, 4.69) is 16.1 Å². The Morgan fingerprint density at radius 3 is 2.79 bits per heavy atom. The highest BCUT2D eigenvalue weighted by Gasteiger charge is 2.16. The summed E-state index contributed by atoms with van der Waals surface area (Å²) in [5, 5.41) is 10.3. The van der Waals surface area contributed by atoms with Gasteiger partial charge in [-0.15, -0.1) is 6.58 Å². The Labute approximate surface area is 166 Å². The molecule has 0 saturated carbocycles. The van der Waals surface area contributed by atoms with Gasteiger partial charge < -0.3 is 19.1 Å². The molecular formula is C23H28N2O3. The van der Waals surface area contributed by atoms with Crippen LogP contribution in [-0.4, -0.2) is 28.4 Å². The maximum absolute atomic E-state index is 10.3. The summed E-state index contributed by atoms with van der Waals surface area (Å²) in [5.41, 5.74) is 3.09. The Hall–Kier alpha value is -2.79. The number of nitrogens with zero attached hydrogens (tertiary/aromatic N) is 2. The Bertz CT molecular complexity index is 933. The fourth-order valence-electron chi connectivity index (χ4n) is 3.30. The third-order valence-electron chi connectivity index (χ3n) is 4.76. The summed E-state index contributed by atoms with van der Waals surface area (Å²) in [5.74, 6) is 2.18. The van der Waals surface area contributed by atoms with Crippen LogP contribution in [0.15, 0.2) is 55.1 Å². The Kier molecular flexibility index (Phi) is 6.71. The third kappa shape index (κ3) is 4.37. The van der Waals surface area contributed by atoms with Crippen LogP contribution in [0.2, 0.25) is 0 Å². The van der Waals surface area contributed by atoms with Crippen molar-refractivity contribution in [2.75, 3.05) is 13.7 Å². The zero-order chi connectivity index (χ0) is 19.9. The van der Waals surface area contributed by atoms with Crippen molar-refractivity contribution in [3.8, 4) is 11.5 Å². The summed E-state index contributed by atoms with van der Waals surface area (Å²) in [7, 11) is 1.65. The number of imidazole rings is 1. The molecule has 1 unspecified atom stereocenters. The number of hydrogen-bond donors (Lipinski definition) is 1. The predicted molar refractivity (Wildman–Crippen MR) is 112 cm³/mol. The van der Waals surface area contributed by atoms with Gasteiger partial charge in [0.25, 0.3) is 0 Å². The van der Waals surface area contributed by atoms with Gasteiger partial charge in [-0.2, -0.15) is 0 Å². The van der Waals surface area contributed by atoms with E-state index in [-0.39, 0.29) is 0 Å². The van der Waals surface area contributed by atoms with Crippen LogP contribution < -0.4 is 9.47 Å². The average molecular weight is 380 g/mol. The highest BCUT2D eigenvalue weighted by Crippen LogP contribution is 2.29. The van der Waals surface area contributed by atoms with E-state index < -0.39 is 6.10 Å². The molecule has 0 bridgehead atoms. The molecule has 0 aliphatic carbocycles. The first-order valence-electron chi connectivity index (χ1n) is 9.71. The van der Waals surface area contributed by atoms with Crippen molar-refractivity contribution in [3.63, 3.8) is 0 Å². The Balaban J connectivity index is 1.68. The fraction of sp³-hybridized carbons (Fsp3) is 0.348. The van der Waals surface area contributed by atoms with Crippen molar-refractivity contribution in [3.05, 3.63) is 66.5 Å². The van der Waals surface area contributed by atoms with E-state index in [0.717, 1.165) is 53.3 Å². The fourth-order valence-corrected chi connectivity index (χ4v) is 3.30. The van der Waals surface area contributed by atoms with E-state index in [0.29, 0.717) is 13.0 Å². The number of hydrogen-bond acceptors (Lipinski definition) is 4. The standard InChI is InChI=1S/C23H28N2O3/c1-4-9-17-12-13-21(22(16-17)27-3)28-15-8-14-25-19-11-7-6-10-18(19)24-23(25)20(26)5-2/h4,6-7,10-13,16,20,26H,1,5,8-9,14-15H2,2-3H3. The number of para-hydroxylation sites is 2. The van der Waals surface area contributed by atoms with Gasteiger partial charge in [-0.25, -0.2) is 4.98 Å². The molecule has 5 heteroatoms. The van der Waals surface area contributed by atoms with E-state index in [1.165, 1.54) is 0 Å². The second-order valence-electron chi connectivity index (χ2n) is 6.71. The smallest absolute Gasteiger partial charge is 0.161 e. The lowest BCUT2D eigenvalue weighted by molar-refractivity contribution is 0.158. The Morgan fingerprint density at radius 1 is 1.21 bits per heavy atom. The number of aryl methyl sites for hydroxylation is 1. The van der Waals surface area contributed by atoms with Crippen LogP contribution in [-0.2, 0) is 13.0 Å². The second-order valence-corrected chi connectivity index (χ2v) is 6.71. The predicted octanol–water partition coefficient (Wildman–Crippen LogP) is 4.69. The summed E-state index contributed by atoms with van der Waals surface area (Å²) in [6, 6.07) is 13.9. The molecule has 1 N–H and O–H groups in total. The van der Waals surface area contributed by atoms with Crippen LogP contribution in [0.4, 0.5) is 0 Å². The van der Waals surface area contributed by atoms with E-state index >= 15 is 0 Å². The molecule has 148 valence electrons. The number of ether oxygens (including phenoxy) is 2. The number of aliphatic hydroxyl groups is 1. The van der Waals surface area contributed by atoms with Gasteiger partial charge in [0.2, 0.25) is 0 Å². The summed E-state index contributed by atoms with van der Waals surface area (Å²) >= 11 is 0. The number of aromatic nitrogens is 2. The normalized spacial score (nSPS) is 12.1. The molecule has 0 aliphatic heterocycles. The lowest BCUT2D eigenvalue weighted by atomic mass is 10.1. The van der Waals surface area contributed by atoms with E-state index in [4.69, 9.17) is 9.47 Å². The number of fused-ring (bicyclic) bond motifs is 1. The first kappa shape index (κ1) is 20.0. The lowest BCUT2D eigenvalue weighted by Crippen LogP contribution is -2.11. The topological polar surface area (TPSA) is 56.5 Å². The number of methoxy groups -OCH3 is 1. The largest absolute Gasteiger partial charge is 0.493 e.